The number of rotatable bonds is 2. The van der Waals surface area contributed by atoms with Crippen molar-refractivity contribution in [2.45, 2.75) is 31.8 Å². The van der Waals surface area contributed by atoms with Crippen LogP contribution in [-0.2, 0) is 0 Å². The van der Waals surface area contributed by atoms with E-state index in [1.165, 1.54) is 0 Å². The van der Waals surface area contributed by atoms with Crippen molar-refractivity contribution in [1.29, 1.82) is 0 Å². The lowest BCUT2D eigenvalue weighted by Crippen LogP contribution is -2.40. The van der Waals surface area contributed by atoms with Crippen LogP contribution in [0.4, 0.5) is 5.13 Å². The molecule has 0 aromatic carbocycles. The molecule has 22 heavy (non-hydrogen) atoms. The van der Waals surface area contributed by atoms with Gasteiger partial charge in [-0.05, 0) is 31.9 Å². The van der Waals surface area contributed by atoms with Crippen molar-refractivity contribution in [1.82, 2.24) is 20.1 Å². The number of aromatic nitrogens is 3. The van der Waals surface area contributed by atoms with E-state index in [9.17, 15) is 4.79 Å². The van der Waals surface area contributed by atoms with Crippen LogP contribution in [-0.4, -0.2) is 51.2 Å². The average molecular weight is 315 g/mol. The fourth-order valence-corrected chi connectivity index (χ4v) is 4.22. The topological polar surface area (TPSA) is 62.2 Å². The molecule has 2 aromatic rings. The predicted molar refractivity (Wildman–Crippen MR) is 84.1 cm³/mol. The van der Waals surface area contributed by atoms with Gasteiger partial charge in [-0.2, -0.15) is 0 Å². The van der Waals surface area contributed by atoms with Gasteiger partial charge in [0.2, 0.25) is 5.13 Å². The maximum absolute atomic E-state index is 12.8. The van der Waals surface area contributed by atoms with E-state index in [1.807, 2.05) is 24.0 Å². The Bertz CT molecular complexity index is 689. The van der Waals surface area contributed by atoms with Crippen molar-refractivity contribution in [3.8, 4) is 0 Å². The molecule has 4 heterocycles. The Morgan fingerprint density at radius 3 is 2.91 bits per heavy atom. The minimum Gasteiger partial charge on any atom is -0.341 e. The number of pyridine rings is 1. The minimum absolute atomic E-state index is 0.0512. The second-order valence-corrected chi connectivity index (χ2v) is 6.60. The molecule has 2 aromatic heterocycles. The molecule has 2 aliphatic rings. The summed E-state index contributed by atoms with van der Waals surface area (Å²) < 4.78 is 0. The number of likely N-dealkylation sites (tertiary alicyclic amines) is 1. The number of hydrogen-bond acceptors (Lipinski definition) is 6. The Kier molecular flexibility index (Phi) is 3.29. The second-order valence-electron chi connectivity index (χ2n) is 5.79. The van der Waals surface area contributed by atoms with Crippen LogP contribution in [0.2, 0.25) is 0 Å². The summed E-state index contributed by atoms with van der Waals surface area (Å²) in [5.74, 6) is 0.0512. The van der Waals surface area contributed by atoms with Crippen molar-refractivity contribution in [3.05, 3.63) is 35.1 Å². The molecule has 0 saturated carbocycles. The molecule has 1 amide bonds. The van der Waals surface area contributed by atoms with E-state index in [0.29, 0.717) is 11.7 Å². The molecular weight excluding hydrogens is 298 g/mol. The Morgan fingerprint density at radius 2 is 2.14 bits per heavy atom. The van der Waals surface area contributed by atoms with Gasteiger partial charge >= 0.3 is 0 Å². The van der Waals surface area contributed by atoms with Gasteiger partial charge in [-0.3, -0.25) is 4.79 Å². The quantitative estimate of drug-likeness (QED) is 0.844. The molecule has 0 bridgehead atoms. The number of carbonyl (C=O) groups excluding carboxylic acids is 1. The first-order valence-corrected chi connectivity index (χ1v) is 8.39. The molecule has 114 valence electrons. The summed E-state index contributed by atoms with van der Waals surface area (Å²) in [5, 5.41) is 9.07. The third-order valence-corrected chi connectivity index (χ3v) is 5.27. The highest BCUT2D eigenvalue weighted by molar-refractivity contribution is 7.13. The van der Waals surface area contributed by atoms with Crippen molar-refractivity contribution >= 4 is 22.4 Å². The van der Waals surface area contributed by atoms with Crippen molar-refractivity contribution in [3.63, 3.8) is 0 Å². The number of fused-ring (bicyclic) bond motifs is 1. The first kappa shape index (κ1) is 13.6. The van der Waals surface area contributed by atoms with Crippen LogP contribution in [0.3, 0.4) is 0 Å². The van der Waals surface area contributed by atoms with Gasteiger partial charge in [-0.25, -0.2) is 4.98 Å². The summed E-state index contributed by atoms with van der Waals surface area (Å²) in [7, 11) is 0. The molecule has 0 spiro atoms. The van der Waals surface area contributed by atoms with Crippen molar-refractivity contribution in [2.24, 2.45) is 0 Å². The average Bonchev–Trinajstić information content (AvgIpc) is 3.23. The van der Waals surface area contributed by atoms with E-state index < -0.39 is 0 Å². The molecule has 4 rings (SSSR count). The maximum atomic E-state index is 12.8. The van der Waals surface area contributed by atoms with Gasteiger partial charge in [0.25, 0.3) is 5.91 Å². The van der Waals surface area contributed by atoms with E-state index in [2.05, 4.69) is 20.1 Å². The molecule has 7 heteroatoms. The van der Waals surface area contributed by atoms with E-state index >= 15 is 0 Å². The molecule has 0 aliphatic carbocycles. The third kappa shape index (κ3) is 2.16. The van der Waals surface area contributed by atoms with Gasteiger partial charge in [0.05, 0.1) is 12.1 Å². The largest absolute Gasteiger partial charge is 0.341 e. The van der Waals surface area contributed by atoms with E-state index in [-0.39, 0.29) is 11.9 Å². The zero-order valence-electron chi connectivity index (χ0n) is 12.3. The summed E-state index contributed by atoms with van der Waals surface area (Å²) in [6.07, 6.45) is 1.98. The van der Waals surface area contributed by atoms with Crippen molar-refractivity contribution in [2.75, 3.05) is 18.0 Å². The molecule has 6 nitrogen and oxygen atoms in total. The van der Waals surface area contributed by atoms with Gasteiger partial charge < -0.3 is 9.80 Å². The molecule has 2 atom stereocenters. The van der Waals surface area contributed by atoms with Crippen LogP contribution < -0.4 is 4.90 Å². The molecule has 2 fully saturated rings. The van der Waals surface area contributed by atoms with Crippen LogP contribution in [0.5, 0.6) is 0 Å². The standard InChI is InChI=1S/C15H17N5OS/c1-10-3-2-4-11(17-10)14(21)19-7-5-13-12(19)6-8-20(13)15-18-16-9-22-15/h2-4,9,12-13H,5-8H2,1H3/t12-,13+/m1/s1. The maximum Gasteiger partial charge on any atom is 0.272 e. The smallest absolute Gasteiger partial charge is 0.272 e. The number of carbonyl (C=O) groups is 1. The molecule has 2 saturated heterocycles. The fourth-order valence-electron chi connectivity index (χ4n) is 3.58. The monoisotopic (exact) mass is 315 g/mol. The Labute approximate surface area is 132 Å². The van der Waals surface area contributed by atoms with E-state index in [4.69, 9.17) is 0 Å². The van der Waals surface area contributed by atoms with Crippen molar-refractivity contribution < 1.29 is 4.79 Å². The van der Waals surface area contributed by atoms with E-state index in [1.54, 1.807) is 22.9 Å². The zero-order valence-corrected chi connectivity index (χ0v) is 13.2. The highest BCUT2D eigenvalue weighted by Gasteiger charge is 2.45. The lowest BCUT2D eigenvalue weighted by Gasteiger charge is -2.25. The number of anilines is 1. The highest BCUT2D eigenvalue weighted by atomic mass is 32.1. The van der Waals surface area contributed by atoms with E-state index in [0.717, 1.165) is 36.8 Å². The van der Waals surface area contributed by atoms with Gasteiger partial charge in [-0.15, -0.1) is 10.2 Å². The third-order valence-electron chi connectivity index (χ3n) is 4.54. The number of amides is 1. The van der Waals surface area contributed by atoms with Crippen LogP contribution in [0.1, 0.15) is 29.0 Å². The zero-order chi connectivity index (χ0) is 15.1. The Balaban J connectivity index is 1.55. The molecule has 2 aliphatic heterocycles. The molecular formula is C15H17N5OS. The van der Waals surface area contributed by atoms with Gasteiger partial charge in [-0.1, -0.05) is 17.4 Å². The van der Waals surface area contributed by atoms with Crippen LogP contribution in [0.25, 0.3) is 0 Å². The first-order chi connectivity index (χ1) is 10.7. The van der Waals surface area contributed by atoms with Gasteiger partial charge in [0, 0.05) is 18.8 Å². The second kappa shape index (κ2) is 5.31. The van der Waals surface area contributed by atoms with Crippen LogP contribution in [0.15, 0.2) is 23.7 Å². The Morgan fingerprint density at radius 1 is 1.27 bits per heavy atom. The predicted octanol–water partition coefficient (Wildman–Crippen LogP) is 1.73. The lowest BCUT2D eigenvalue weighted by molar-refractivity contribution is 0.0731. The highest BCUT2D eigenvalue weighted by Crippen LogP contribution is 2.36. The summed E-state index contributed by atoms with van der Waals surface area (Å²) in [6, 6.07) is 6.24. The number of aryl methyl sites for hydroxylation is 1. The fraction of sp³-hybridized carbons (Fsp3) is 0.467. The summed E-state index contributed by atoms with van der Waals surface area (Å²) in [5.41, 5.74) is 3.19. The number of hydrogen-bond donors (Lipinski definition) is 0. The Hall–Kier alpha value is -2.02. The normalized spacial score (nSPS) is 23.9. The van der Waals surface area contributed by atoms with Gasteiger partial charge in [0.1, 0.15) is 11.2 Å². The molecule has 0 N–H and O–H groups in total. The SMILES string of the molecule is Cc1cccc(C(=O)N2CC[C@H]3[C@H]2CCN3c2nncs2)n1. The van der Waals surface area contributed by atoms with Crippen LogP contribution in [0, 0.1) is 6.92 Å². The van der Waals surface area contributed by atoms with Crippen LogP contribution >= 0.6 is 11.3 Å². The summed E-state index contributed by atoms with van der Waals surface area (Å²) in [4.78, 5) is 21.4. The van der Waals surface area contributed by atoms with Gasteiger partial charge in [0.15, 0.2) is 0 Å². The lowest BCUT2D eigenvalue weighted by atomic mass is 10.1. The summed E-state index contributed by atoms with van der Waals surface area (Å²) in [6.45, 7) is 3.64. The number of nitrogens with zero attached hydrogens (tertiary/aromatic N) is 5. The molecule has 0 radical (unpaired) electrons. The molecule has 0 unspecified atom stereocenters. The first-order valence-electron chi connectivity index (χ1n) is 7.51. The summed E-state index contributed by atoms with van der Waals surface area (Å²) >= 11 is 1.56. The minimum atomic E-state index is 0.0512.